The molecule has 1 aliphatic rings. The maximum absolute atomic E-state index is 13.5. The Balaban J connectivity index is 1.38. The molecule has 1 atom stereocenters. The van der Waals surface area contributed by atoms with E-state index in [2.05, 4.69) is 19.9 Å². The van der Waals surface area contributed by atoms with Crippen molar-refractivity contribution in [3.63, 3.8) is 0 Å². The van der Waals surface area contributed by atoms with E-state index in [0.29, 0.717) is 24.4 Å². The number of hydrogen-bond donors (Lipinski definition) is 1. The predicted octanol–water partition coefficient (Wildman–Crippen LogP) is 4.13. The molecule has 4 aromatic heterocycles. The highest BCUT2D eigenvalue weighted by Gasteiger charge is 2.38. The first-order chi connectivity index (χ1) is 15.7. The summed E-state index contributed by atoms with van der Waals surface area (Å²) in [6.45, 7) is 0.445. The number of benzene rings is 1. The van der Waals surface area contributed by atoms with Crippen LogP contribution in [0.15, 0.2) is 70.0 Å². The van der Waals surface area contributed by atoms with Crippen LogP contribution in [-0.4, -0.2) is 37.3 Å². The minimum absolute atomic E-state index is 0.0613. The molecule has 9 heteroatoms. The van der Waals surface area contributed by atoms with Crippen LogP contribution in [0.4, 0.5) is 4.39 Å². The van der Waals surface area contributed by atoms with Crippen molar-refractivity contribution in [2.45, 2.75) is 12.5 Å². The van der Waals surface area contributed by atoms with Crippen molar-refractivity contribution in [1.29, 1.82) is 0 Å². The smallest absolute Gasteiger partial charge is 0.292 e. The second-order valence-electron chi connectivity index (χ2n) is 7.50. The zero-order chi connectivity index (χ0) is 21.7. The molecule has 0 radical (unpaired) electrons. The lowest BCUT2D eigenvalue weighted by molar-refractivity contribution is 0.0641. The molecule has 1 amide bonds. The molecule has 0 saturated heterocycles. The number of amides is 1. The van der Waals surface area contributed by atoms with E-state index in [4.69, 9.17) is 8.83 Å². The Morgan fingerprint density at radius 3 is 2.84 bits per heavy atom. The van der Waals surface area contributed by atoms with Crippen LogP contribution < -0.4 is 0 Å². The van der Waals surface area contributed by atoms with Crippen LogP contribution in [0.2, 0.25) is 0 Å². The quantitative estimate of drug-likeness (QED) is 0.463. The summed E-state index contributed by atoms with van der Waals surface area (Å²) in [7, 11) is 0. The van der Waals surface area contributed by atoms with Crippen LogP contribution in [0.3, 0.4) is 0 Å². The third-order valence-electron chi connectivity index (χ3n) is 5.56. The molecule has 6 rings (SSSR count). The van der Waals surface area contributed by atoms with Gasteiger partial charge in [0.2, 0.25) is 11.7 Å². The van der Waals surface area contributed by atoms with Gasteiger partial charge >= 0.3 is 0 Å². The number of hydrogen-bond acceptors (Lipinski definition) is 6. The van der Waals surface area contributed by atoms with Gasteiger partial charge in [-0.2, -0.15) is 0 Å². The highest BCUT2D eigenvalue weighted by Crippen LogP contribution is 2.37. The molecule has 0 saturated carbocycles. The molecular weight excluding hydrogens is 413 g/mol. The minimum Gasteiger partial charge on any atom is -0.458 e. The summed E-state index contributed by atoms with van der Waals surface area (Å²) >= 11 is 0. The molecule has 1 N–H and O–H groups in total. The fourth-order valence-electron chi connectivity index (χ4n) is 4.06. The van der Waals surface area contributed by atoms with Gasteiger partial charge in [0.15, 0.2) is 0 Å². The number of carbonyl (C=O) groups excluding carboxylic acids is 1. The number of nitrogens with one attached hydrogen (secondary N) is 1. The summed E-state index contributed by atoms with van der Waals surface area (Å²) in [5, 5.41) is 0.946. The number of H-pyrrole nitrogens is 1. The summed E-state index contributed by atoms with van der Waals surface area (Å²) < 4.78 is 25.0. The van der Waals surface area contributed by atoms with E-state index in [-0.39, 0.29) is 17.6 Å². The third kappa shape index (κ3) is 2.97. The number of halogens is 1. The number of carbonyl (C=O) groups is 1. The third-order valence-corrected chi connectivity index (χ3v) is 5.56. The fourth-order valence-corrected chi connectivity index (χ4v) is 4.06. The lowest BCUT2D eigenvalue weighted by Crippen LogP contribution is -2.40. The number of aromatic amines is 1. The summed E-state index contributed by atoms with van der Waals surface area (Å²) in [5.41, 5.74) is 2.78. The average Bonchev–Trinajstić information content (AvgIpc) is 3.57. The molecule has 0 unspecified atom stereocenters. The van der Waals surface area contributed by atoms with Crippen molar-refractivity contribution < 1.29 is 18.0 Å². The van der Waals surface area contributed by atoms with Crippen LogP contribution in [0, 0.1) is 5.82 Å². The number of nitrogens with zero attached hydrogens (tertiary/aromatic N) is 4. The maximum atomic E-state index is 13.5. The topological polar surface area (TPSA) is 101 Å². The van der Waals surface area contributed by atoms with Crippen molar-refractivity contribution in [3.05, 3.63) is 89.9 Å². The van der Waals surface area contributed by atoms with E-state index in [0.717, 1.165) is 28.6 Å². The van der Waals surface area contributed by atoms with E-state index >= 15 is 0 Å². The molecule has 0 fully saturated rings. The molecule has 1 aromatic carbocycles. The number of aromatic nitrogens is 4. The number of para-hydroxylation sites is 1. The van der Waals surface area contributed by atoms with Crippen molar-refractivity contribution in [2.75, 3.05) is 6.54 Å². The van der Waals surface area contributed by atoms with Gasteiger partial charge in [0.1, 0.15) is 28.9 Å². The first kappa shape index (κ1) is 18.5. The molecule has 158 valence electrons. The Labute approximate surface area is 180 Å². The molecule has 0 spiro atoms. The molecule has 1 aliphatic heterocycles. The molecule has 5 heterocycles. The molecule has 5 aromatic rings. The minimum atomic E-state index is -0.512. The molecule has 32 heavy (non-hydrogen) atoms. The van der Waals surface area contributed by atoms with Crippen molar-refractivity contribution in [2.24, 2.45) is 0 Å². The molecule has 8 nitrogen and oxygen atoms in total. The van der Waals surface area contributed by atoms with Crippen molar-refractivity contribution >= 4 is 16.9 Å². The van der Waals surface area contributed by atoms with Crippen LogP contribution in [-0.2, 0) is 6.42 Å². The Kier molecular flexibility index (Phi) is 4.14. The lowest BCUT2D eigenvalue weighted by Gasteiger charge is -2.33. The van der Waals surface area contributed by atoms with Crippen LogP contribution >= 0.6 is 0 Å². The molecule has 0 bridgehead atoms. The zero-order valence-electron chi connectivity index (χ0n) is 16.7. The normalized spacial score (nSPS) is 15.8. The lowest BCUT2D eigenvalue weighted by atomic mass is 10.00. The predicted molar refractivity (Wildman–Crippen MR) is 111 cm³/mol. The van der Waals surface area contributed by atoms with E-state index in [9.17, 15) is 9.18 Å². The van der Waals surface area contributed by atoms with E-state index in [1.165, 1.54) is 18.3 Å². The Bertz CT molecular complexity index is 1400. The average molecular weight is 429 g/mol. The molecule has 0 aliphatic carbocycles. The second-order valence-corrected chi connectivity index (χ2v) is 7.50. The van der Waals surface area contributed by atoms with Gasteiger partial charge in [-0.1, -0.05) is 18.2 Å². The Hall–Kier alpha value is -4.27. The summed E-state index contributed by atoms with van der Waals surface area (Å²) in [6.07, 6.45) is 4.68. The molecular formula is C23H16FN5O3. The van der Waals surface area contributed by atoms with Gasteiger partial charge < -0.3 is 18.7 Å². The maximum Gasteiger partial charge on any atom is 0.292 e. The second kappa shape index (κ2) is 7.16. The van der Waals surface area contributed by atoms with Crippen molar-refractivity contribution in [1.82, 2.24) is 24.8 Å². The van der Waals surface area contributed by atoms with Gasteiger partial charge in [0.05, 0.1) is 24.4 Å². The Morgan fingerprint density at radius 2 is 2.00 bits per heavy atom. The van der Waals surface area contributed by atoms with Gasteiger partial charge in [-0.05, 0) is 24.3 Å². The van der Waals surface area contributed by atoms with Gasteiger partial charge in [-0.25, -0.2) is 19.3 Å². The first-order valence-corrected chi connectivity index (χ1v) is 10.1. The van der Waals surface area contributed by atoms with Crippen LogP contribution in [0.1, 0.15) is 33.7 Å². The first-order valence-electron chi connectivity index (χ1n) is 10.1. The fraction of sp³-hybridized carbons (Fsp3) is 0.130. The van der Waals surface area contributed by atoms with Gasteiger partial charge in [0.25, 0.3) is 5.91 Å². The van der Waals surface area contributed by atoms with E-state index in [1.807, 2.05) is 30.3 Å². The van der Waals surface area contributed by atoms with Gasteiger partial charge in [-0.15, -0.1) is 0 Å². The number of rotatable bonds is 3. The van der Waals surface area contributed by atoms with E-state index in [1.54, 1.807) is 11.2 Å². The highest BCUT2D eigenvalue weighted by atomic mass is 19.1. The monoisotopic (exact) mass is 429 g/mol. The van der Waals surface area contributed by atoms with Gasteiger partial charge in [0, 0.05) is 24.0 Å². The summed E-state index contributed by atoms with van der Waals surface area (Å²) in [6, 6.07) is 11.8. The summed E-state index contributed by atoms with van der Waals surface area (Å²) in [4.78, 5) is 30.9. The summed E-state index contributed by atoms with van der Waals surface area (Å²) in [5.74, 6) is 0.0169. The SMILES string of the molecule is O=C(c1cnc(-c2ccc(F)cn2)o1)N1CCc2[nH]cnc2[C@H]1c1cc2ccccc2o1. The zero-order valence-corrected chi connectivity index (χ0v) is 16.7. The van der Waals surface area contributed by atoms with Gasteiger partial charge in [-0.3, -0.25) is 4.79 Å². The number of oxazole rings is 1. The highest BCUT2D eigenvalue weighted by molar-refractivity contribution is 5.92. The van der Waals surface area contributed by atoms with Crippen molar-refractivity contribution in [3.8, 4) is 11.6 Å². The number of imidazole rings is 1. The van der Waals surface area contributed by atoms with Crippen LogP contribution in [0.25, 0.3) is 22.6 Å². The largest absolute Gasteiger partial charge is 0.458 e. The number of pyridine rings is 1. The number of fused-ring (bicyclic) bond motifs is 2. The van der Waals surface area contributed by atoms with Crippen LogP contribution in [0.5, 0.6) is 0 Å². The number of furan rings is 1. The van der Waals surface area contributed by atoms with E-state index < -0.39 is 11.9 Å². The Morgan fingerprint density at radius 1 is 1.09 bits per heavy atom. The standard InChI is InChI=1S/C23H16FN5O3/c24-14-5-6-16(25-10-14)22-26-11-19(32-22)23(30)29-8-7-15-20(28-12-27-15)21(29)18-9-13-3-1-2-4-17(13)31-18/h1-6,9-12,21H,7-8H2,(H,27,28)/t21-/m1/s1.